The number of hydrogen-bond donors (Lipinski definition) is 2. The Morgan fingerprint density at radius 2 is 2.06 bits per heavy atom. The largest absolute Gasteiger partial charge is 0.395 e. The third kappa shape index (κ3) is 4.22. The summed E-state index contributed by atoms with van der Waals surface area (Å²) < 4.78 is 0. The van der Waals surface area contributed by atoms with Crippen molar-refractivity contribution >= 4 is 0 Å². The summed E-state index contributed by atoms with van der Waals surface area (Å²) in [5.41, 5.74) is 0.398. The van der Waals surface area contributed by atoms with Crippen LogP contribution in [-0.2, 0) is 0 Å². The molecule has 0 bridgehead atoms. The summed E-state index contributed by atoms with van der Waals surface area (Å²) in [6.45, 7) is 10.3. The highest BCUT2D eigenvalue weighted by molar-refractivity contribution is 4.93. The van der Waals surface area contributed by atoms with Gasteiger partial charge < -0.3 is 15.3 Å². The predicted molar refractivity (Wildman–Crippen MR) is 77.8 cm³/mol. The Balaban J connectivity index is 2.61. The maximum Gasteiger partial charge on any atom is 0.0558 e. The van der Waals surface area contributed by atoms with Crippen molar-refractivity contribution in [1.29, 1.82) is 0 Å². The van der Waals surface area contributed by atoms with Crippen LogP contribution >= 0.6 is 0 Å². The second kappa shape index (κ2) is 7.46. The van der Waals surface area contributed by atoms with E-state index in [0.29, 0.717) is 11.5 Å². The number of aliphatic hydroxyl groups excluding tert-OH is 1. The van der Waals surface area contributed by atoms with Gasteiger partial charge in [0, 0.05) is 19.1 Å². The number of aliphatic hydroxyl groups is 1. The fraction of sp³-hybridized carbons (Fsp3) is 1.00. The molecule has 3 heteroatoms. The molecule has 0 aromatic carbocycles. The molecule has 3 nitrogen and oxygen atoms in total. The number of rotatable bonds is 7. The van der Waals surface area contributed by atoms with Gasteiger partial charge in [-0.15, -0.1) is 0 Å². The van der Waals surface area contributed by atoms with Crippen molar-refractivity contribution in [1.82, 2.24) is 10.2 Å². The molecule has 1 aliphatic rings. The molecule has 108 valence electrons. The summed E-state index contributed by atoms with van der Waals surface area (Å²) in [5.74, 6) is 0.719. The Hall–Kier alpha value is -0.120. The van der Waals surface area contributed by atoms with Crippen LogP contribution in [0.2, 0.25) is 0 Å². The molecule has 0 spiro atoms. The molecule has 18 heavy (non-hydrogen) atoms. The lowest BCUT2D eigenvalue weighted by Crippen LogP contribution is -2.52. The second-order valence-corrected chi connectivity index (χ2v) is 6.43. The van der Waals surface area contributed by atoms with Gasteiger partial charge in [0.05, 0.1) is 6.61 Å². The van der Waals surface area contributed by atoms with Crippen LogP contribution in [0.15, 0.2) is 0 Å². The van der Waals surface area contributed by atoms with Crippen LogP contribution in [0.3, 0.4) is 0 Å². The molecule has 1 aliphatic carbocycles. The van der Waals surface area contributed by atoms with Crippen molar-refractivity contribution in [3.8, 4) is 0 Å². The molecular formula is C15H32N2O. The summed E-state index contributed by atoms with van der Waals surface area (Å²) in [7, 11) is 2.10. The third-order valence-electron chi connectivity index (χ3n) is 4.47. The molecule has 0 aliphatic heterocycles. The first-order valence-corrected chi connectivity index (χ1v) is 7.55. The van der Waals surface area contributed by atoms with E-state index in [1.54, 1.807) is 0 Å². The maximum absolute atomic E-state index is 9.16. The van der Waals surface area contributed by atoms with E-state index < -0.39 is 0 Å². The molecule has 1 saturated carbocycles. The molecule has 0 saturated heterocycles. The fourth-order valence-electron chi connectivity index (χ4n) is 3.69. The van der Waals surface area contributed by atoms with Gasteiger partial charge in [-0.2, -0.15) is 0 Å². The summed E-state index contributed by atoms with van der Waals surface area (Å²) in [6.07, 6.45) is 5.15. The van der Waals surface area contributed by atoms with Crippen LogP contribution < -0.4 is 5.32 Å². The van der Waals surface area contributed by atoms with Crippen molar-refractivity contribution in [3.63, 3.8) is 0 Å². The van der Waals surface area contributed by atoms with Crippen molar-refractivity contribution in [2.45, 2.75) is 52.5 Å². The highest BCUT2D eigenvalue weighted by Gasteiger charge is 2.38. The van der Waals surface area contributed by atoms with Gasteiger partial charge in [0.2, 0.25) is 0 Å². The van der Waals surface area contributed by atoms with Crippen LogP contribution in [-0.4, -0.2) is 49.3 Å². The second-order valence-electron chi connectivity index (χ2n) is 6.43. The molecule has 0 amide bonds. The first kappa shape index (κ1) is 15.9. The van der Waals surface area contributed by atoms with Crippen LogP contribution in [0.4, 0.5) is 0 Å². The van der Waals surface area contributed by atoms with E-state index >= 15 is 0 Å². The quantitative estimate of drug-likeness (QED) is 0.732. The lowest BCUT2D eigenvalue weighted by molar-refractivity contribution is 0.0771. The Bertz CT molecular complexity index is 225. The topological polar surface area (TPSA) is 35.5 Å². The van der Waals surface area contributed by atoms with Crippen LogP contribution in [0.1, 0.15) is 46.5 Å². The van der Waals surface area contributed by atoms with Crippen molar-refractivity contribution in [3.05, 3.63) is 0 Å². The van der Waals surface area contributed by atoms with Gasteiger partial charge in [-0.05, 0) is 44.2 Å². The standard InChI is InChI=1S/C15H32N2O/c1-5-9-17(10-11-18)12-13-7-6-8-15(2,3)14(13)16-4/h13-14,16,18H,5-12H2,1-4H3. The number of nitrogens with one attached hydrogen (secondary N) is 1. The minimum absolute atomic E-state index is 0.278. The van der Waals surface area contributed by atoms with Gasteiger partial charge in [0.25, 0.3) is 0 Å². The van der Waals surface area contributed by atoms with Gasteiger partial charge in [-0.3, -0.25) is 0 Å². The van der Waals surface area contributed by atoms with E-state index in [9.17, 15) is 0 Å². The molecular weight excluding hydrogens is 224 g/mol. The third-order valence-corrected chi connectivity index (χ3v) is 4.47. The normalized spacial score (nSPS) is 27.7. The molecule has 1 rings (SSSR count). The summed E-state index contributed by atoms with van der Waals surface area (Å²) in [4.78, 5) is 2.43. The van der Waals surface area contributed by atoms with E-state index in [1.807, 2.05) is 0 Å². The number of hydrogen-bond acceptors (Lipinski definition) is 3. The Morgan fingerprint density at radius 3 is 2.61 bits per heavy atom. The van der Waals surface area contributed by atoms with Crippen LogP contribution in [0.5, 0.6) is 0 Å². The lowest BCUT2D eigenvalue weighted by Gasteiger charge is -2.45. The zero-order valence-corrected chi connectivity index (χ0v) is 12.7. The van der Waals surface area contributed by atoms with Crippen LogP contribution in [0.25, 0.3) is 0 Å². The first-order valence-electron chi connectivity index (χ1n) is 7.55. The molecule has 0 aromatic rings. The Kier molecular flexibility index (Phi) is 6.61. The zero-order valence-electron chi connectivity index (χ0n) is 12.7. The average Bonchev–Trinajstić information content (AvgIpc) is 2.29. The van der Waals surface area contributed by atoms with Crippen LogP contribution in [0, 0.1) is 11.3 Å². The summed E-state index contributed by atoms with van der Waals surface area (Å²) in [6, 6.07) is 0.601. The van der Waals surface area contributed by atoms with E-state index in [-0.39, 0.29) is 6.61 Å². The van der Waals surface area contributed by atoms with Gasteiger partial charge in [-0.25, -0.2) is 0 Å². The van der Waals surface area contributed by atoms with E-state index in [4.69, 9.17) is 5.11 Å². The minimum Gasteiger partial charge on any atom is -0.395 e. The fourth-order valence-corrected chi connectivity index (χ4v) is 3.69. The van der Waals surface area contributed by atoms with Gasteiger partial charge in [0.1, 0.15) is 0 Å². The lowest BCUT2D eigenvalue weighted by atomic mass is 9.68. The summed E-state index contributed by atoms with van der Waals surface area (Å²) >= 11 is 0. The van der Waals surface area contributed by atoms with Gasteiger partial charge >= 0.3 is 0 Å². The Morgan fingerprint density at radius 1 is 1.33 bits per heavy atom. The van der Waals surface area contributed by atoms with Crippen molar-refractivity contribution in [2.75, 3.05) is 33.3 Å². The van der Waals surface area contributed by atoms with Gasteiger partial charge in [-0.1, -0.05) is 27.2 Å². The monoisotopic (exact) mass is 256 g/mol. The van der Waals surface area contributed by atoms with E-state index in [2.05, 4.69) is 38.0 Å². The average molecular weight is 256 g/mol. The van der Waals surface area contributed by atoms with E-state index in [0.717, 1.165) is 25.6 Å². The van der Waals surface area contributed by atoms with Crippen molar-refractivity contribution < 1.29 is 5.11 Å². The summed E-state index contributed by atoms with van der Waals surface area (Å²) in [5, 5.41) is 12.7. The van der Waals surface area contributed by atoms with E-state index in [1.165, 1.54) is 25.7 Å². The zero-order chi connectivity index (χ0) is 13.6. The molecule has 0 radical (unpaired) electrons. The van der Waals surface area contributed by atoms with Gasteiger partial charge in [0.15, 0.2) is 0 Å². The molecule has 2 N–H and O–H groups in total. The molecule has 2 atom stereocenters. The maximum atomic E-state index is 9.16. The smallest absolute Gasteiger partial charge is 0.0558 e. The van der Waals surface area contributed by atoms with Crippen molar-refractivity contribution in [2.24, 2.45) is 11.3 Å². The SMILES string of the molecule is CCCN(CCO)CC1CCCC(C)(C)C1NC. The molecule has 2 unspecified atom stereocenters. The Labute approximate surface area is 113 Å². The predicted octanol–water partition coefficient (Wildman–Crippen LogP) is 2.10. The highest BCUT2D eigenvalue weighted by Crippen LogP contribution is 2.39. The minimum atomic E-state index is 0.278. The highest BCUT2D eigenvalue weighted by atomic mass is 16.3. The molecule has 0 aromatic heterocycles. The molecule has 0 heterocycles. The first-order chi connectivity index (χ1) is 8.55. The molecule has 1 fully saturated rings. The number of nitrogens with zero attached hydrogens (tertiary/aromatic N) is 1.